The summed E-state index contributed by atoms with van der Waals surface area (Å²) < 4.78 is 5.35. The number of hydrogen-bond donors (Lipinski definition) is 2. The van der Waals surface area contributed by atoms with Crippen LogP contribution in [0.3, 0.4) is 0 Å². The highest BCUT2D eigenvalue weighted by Gasteiger charge is 2.39. The monoisotopic (exact) mass is 1330 g/mol. The molecule has 0 aromatic rings. The van der Waals surface area contributed by atoms with E-state index in [4.69, 9.17) is 24.4 Å². The summed E-state index contributed by atoms with van der Waals surface area (Å²) in [5, 5.41) is 12.6. The molecule has 0 atom stereocenters. The maximum Gasteiger partial charge on any atom is 0.336 e. The van der Waals surface area contributed by atoms with Crippen molar-refractivity contribution in [3.63, 3.8) is 0 Å². The molecule has 0 aromatic carbocycles. The quantitative estimate of drug-likeness (QED) is 0.0650. The van der Waals surface area contributed by atoms with Gasteiger partial charge in [-0.2, -0.15) is 0 Å². The number of rotatable bonds is 27. The number of hydroxylamine groups is 6. The highest BCUT2D eigenvalue weighted by atomic mass is 16.7. The lowest BCUT2D eigenvalue weighted by Crippen LogP contribution is -2.38. The average molecular weight is 1330 g/mol. The molecule has 0 spiro atoms. The molecule has 0 aromatic heterocycles. The minimum Gasteiger partial charge on any atom is -0.481 e. The van der Waals surface area contributed by atoms with Gasteiger partial charge in [0, 0.05) is 139 Å². The number of ether oxygens (including phenoxy) is 1. The molecule has 3 saturated heterocycles. The Morgan fingerprint density at radius 1 is 0.379 bits per heavy atom. The second-order valence-electron chi connectivity index (χ2n) is 23.1. The first-order valence-electron chi connectivity index (χ1n) is 31.3. The lowest BCUT2D eigenvalue weighted by Gasteiger charge is -2.29. The van der Waals surface area contributed by atoms with Crippen LogP contribution in [0.5, 0.6) is 0 Å². The number of imide groups is 7. The molecule has 7 aliphatic heterocycles. The van der Waals surface area contributed by atoms with E-state index in [0.29, 0.717) is 112 Å². The van der Waals surface area contributed by atoms with Crippen LogP contribution in [-0.2, 0) is 115 Å². The van der Waals surface area contributed by atoms with Crippen molar-refractivity contribution in [3.8, 4) is 0 Å². The van der Waals surface area contributed by atoms with Crippen molar-refractivity contribution in [2.75, 3.05) is 39.3 Å². The fraction of sp³-hybridized carbons (Fsp3) is 0.548. The highest BCUT2D eigenvalue weighted by Crippen LogP contribution is 2.33. The standard InChI is InChI=1S/C22H28N2O8.C17H21N3O7.C16H18N2O6.C7H7NO4/c25-17-9-10-18(26)23(17)14-15-5-7-16(8-6-15)22(30)31-13-3-1-2-4-21(29)32-24-19(27)11-12-20(24)28;21-12(9-11-19-13(22)5-6-14(19)23)18-10-3-1-2-4-17(26)27-20-15(24)7-8-16(20)25;19-12-5-6-13(20)17(12)9-10-1-3-11(4-2-10)16(23)24-18-14(21)7-8-15(18)22;9-5-1-2-6(10)8(5)4-3-7(11)12/h9-10,15-16H,1-8,11-14H2;5-6H,1-4,7-11H2,(H,18,21);5-6,10-11H,1-4,7-9H2;1-2H,3-4H2,(H,11,12). The molecule has 2 aliphatic carbocycles. The van der Waals surface area contributed by atoms with E-state index in [1.54, 1.807) is 0 Å². The first-order chi connectivity index (χ1) is 45.3. The van der Waals surface area contributed by atoms with Crippen LogP contribution in [0.25, 0.3) is 0 Å². The Morgan fingerprint density at radius 3 is 1.07 bits per heavy atom. The van der Waals surface area contributed by atoms with E-state index in [0.717, 1.165) is 34.8 Å². The van der Waals surface area contributed by atoms with E-state index in [-0.39, 0.29) is 143 Å². The van der Waals surface area contributed by atoms with Crippen molar-refractivity contribution in [3.05, 3.63) is 48.6 Å². The molecule has 9 rings (SSSR count). The number of amides is 15. The predicted octanol–water partition coefficient (Wildman–Crippen LogP) is 0.725. The average Bonchev–Trinajstić information content (AvgIpc) is 1.92. The van der Waals surface area contributed by atoms with Gasteiger partial charge in [-0.1, -0.05) is 6.42 Å². The Balaban J connectivity index is 0.000000209. The molecular weight excluding hydrogens is 1260 g/mol. The fourth-order valence-electron chi connectivity index (χ4n) is 10.8. The highest BCUT2D eigenvalue weighted by molar-refractivity contribution is 6.15. The van der Waals surface area contributed by atoms with Crippen LogP contribution in [0.15, 0.2) is 48.6 Å². The number of unbranched alkanes of at least 4 members (excludes halogenated alkanes) is 4. The zero-order chi connectivity index (χ0) is 69.3. The topological polar surface area (TPSA) is 433 Å². The van der Waals surface area contributed by atoms with Gasteiger partial charge in [-0.05, 0) is 95.3 Å². The molecule has 0 radical (unpaired) electrons. The van der Waals surface area contributed by atoms with Gasteiger partial charge in [-0.3, -0.25) is 101 Å². The van der Waals surface area contributed by atoms with E-state index in [2.05, 4.69) is 5.32 Å². The number of carboxylic acid groups (broad SMARTS) is 1. The van der Waals surface area contributed by atoms with E-state index >= 15 is 0 Å². The number of hydrogen-bond acceptors (Lipinski definition) is 24. The minimum atomic E-state index is -1.03. The number of aliphatic carboxylic acids is 1. The number of nitrogens with one attached hydrogen (secondary N) is 1. The summed E-state index contributed by atoms with van der Waals surface area (Å²) in [5.74, 6) is -9.41. The molecule has 15 amide bonds. The first kappa shape index (κ1) is 73.8. The summed E-state index contributed by atoms with van der Waals surface area (Å²) in [5.41, 5.74) is 0. The summed E-state index contributed by atoms with van der Waals surface area (Å²) in [4.78, 5) is 247. The Kier molecular flexibility index (Phi) is 28.2. The van der Waals surface area contributed by atoms with Gasteiger partial charge in [0.25, 0.3) is 82.7 Å². The normalized spacial score (nSPS) is 21.4. The Bertz CT molecular complexity index is 3090. The van der Waals surface area contributed by atoms with E-state index in [1.807, 2.05) is 0 Å². The molecule has 0 bridgehead atoms. The van der Waals surface area contributed by atoms with Gasteiger partial charge in [0.15, 0.2) is 0 Å². The smallest absolute Gasteiger partial charge is 0.336 e. The van der Waals surface area contributed by atoms with Crippen molar-refractivity contribution in [2.24, 2.45) is 23.7 Å². The van der Waals surface area contributed by atoms with Gasteiger partial charge in [-0.15, -0.1) is 15.2 Å². The second kappa shape index (κ2) is 36.3. The van der Waals surface area contributed by atoms with Gasteiger partial charge in [0.05, 0.1) is 24.9 Å². The van der Waals surface area contributed by atoms with E-state index < -0.39 is 82.9 Å². The fourth-order valence-corrected chi connectivity index (χ4v) is 10.8. The minimum absolute atomic E-state index is 0.0311. The molecule has 2 N–H and O–H groups in total. The van der Waals surface area contributed by atoms with Crippen LogP contribution in [0.1, 0.15) is 154 Å². The third kappa shape index (κ3) is 22.8. The molecule has 7 heterocycles. The summed E-state index contributed by atoms with van der Waals surface area (Å²) in [6.45, 7) is 1.40. The van der Waals surface area contributed by atoms with Crippen LogP contribution in [-0.4, -0.2) is 198 Å². The molecular formula is C62H74N8O25. The summed E-state index contributed by atoms with van der Waals surface area (Å²) in [7, 11) is 0. The van der Waals surface area contributed by atoms with Gasteiger partial charge in [0.1, 0.15) is 0 Å². The van der Waals surface area contributed by atoms with E-state index in [9.17, 15) is 95.9 Å². The largest absolute Gasteiger partial charge is 0.481 e. The number of esters is 1. The number of carboxylic acids is 1. The van der Waals surface area contributed by atoms with Crippen molar-refractivity contribution >= 4 is 118 Å². The van der Waals surface area contributed by atoms with Crippen molar-refractivity contribution < 1.29 is 120 Å². The second-order valence-corrected chi connectivity index (χ2v) is 23.1. The van der Waals surface area contributed by atoms with Crippen LogP contribution >= 0.6 is 0 Å². The molecule has 0 unspecified atom stereocenters. The third-order valence-electron chi connectivity index (χ3n) is 16.2. The molecule has 5 fully saturated rings. The van der Waals surface area contributed by atoms with Gasteiger partial charge in [0.2, 0.25) is 5.91 Å². The zero-order valence-corrected chi connectivity index (χ0v) is 52.0. The summed E-state index contributed by atoms with van der Waals surface area (Å²) in [6.07, 6.45) is 18.9. The molecule has 33 nitrogen and oxygen atoms in total. The van der Waals surface area contributed by atoms with Crippen molar-refractivity contribution in [1.82, 2.24) is 40.1 Å². The lowest BCUT2D eigenvalue weighted by atomic mass is 9.82. The third-order valence-corrected chi connectivity index (χ3v) is 16.2. The molecule has 512 valence electrons. The summed E-state index contributed by atoms with van der Waals surface area (Å²) in [6, 6.07) is 0. The molecule has 95 heavy (non-hydrogen) atoms. The zero-order valence-electron chi connectivity index (χ0n) is 52.0. The molecule has 2 saturated carbocycles. The van der Waals surface area contributed by atoms with Crippen LogP contribution in [0, 0.1) is 23.7 Å². The van der Waals surface area contributed by atoms with Gasteiger partial charge in [-0.25, -0.2) is 14.4 Å². The summed E-state index contributed by atoms with van der Waals surface area (Å²) >= 11 is 0. The van der Waals surface area contributed by atoms with Gasteiger partial charge >= 0.3 is 29.8 Å². The maximum atomic E-state index is 12.3. The van der Waals surface area contributed by atoms with Crippen molar-refractivity contribution in [1.29, 1.82) is 0 Å². The van der Waals surface area contributed by atoms with Crippen LogP contribution in [0.2, 0.25) is 0 Å². The van der Waals surface area contributed by atoms with Gasteiger partial charge < -0.3 is 29.7 Å². The SMILES string of the molecule is O=C(CCCCCOC(=O)C1CCC(CN2C(=O)C=CC2=O)CC1)ON1C(=O)CCC1=O.O=C(CCN1C(=O)C=CC1=O)NCCCCCC(=O)ON1C(=O)CCC1=O.O=C(O)CCN1C(=O)C=CC1=O.O=C(ON1C(=O)CCC1=O)C1CCC(CN2C(=O)C=CC2=O)CC1. The lowest BCUT2D eigenvalue weighted by molar-refractivity contribution is -0.201. The maximum absolute atomic E-state index is 12.3. The molecule has 9 aliphatic rings. The Labute approximate surface area is 542 Å². The first-order valence-corrected chi connectivity index (χ1v) is 31.3. The Morgan fingerprint density at radius 2 is 0.705 bits per heavy atom. The number of carbonyl (C=O) groups excluding carboxylic acids is 19. The van der Waals surface area contributed by atoms with Crippen LogP contribution in [0.4, 0.5) is 0 Å². The van der Waals surface area contributed by atoms with E-state index in [1.165, 1.54) is 46.3 Å². The number of carbonyl (C=O) groups is 20. The number of nitrogens with zero attached hydrogens (tertiary/aromatic N) is 7. The molecule has 33 heteroatoms. The Hall–Kier alpha value is -10.2. The van der Waals surface area contributed by atoms with Crippen molar-refractivity contribution in [2.45, 2.75) is 154 Å². The van der Waals surface area contributed by atoms with Crippen LogP contribution < -0.4 is 5.32 Å². The predicted molar refractivity (Wildman–Crippen MR) is 314 cm³/mol.